The Hall–Kier alpha value is -1.66. The molecule has 56 heavy (non-hydrogen) atoms. The first-order chi connectivity index (χ1) is 24.9. The van der Waals surface area contributed by atoms with Crippen LogP contribution in [0.25, 0.3) is 0 Å². The molecular formula is C42H76N2O8SSi3. The highest BCUT2D eigenvalue weighted by atomic mass is 32.2. The second-order valence-corrected chi connectivity index (χ2v) is 38.8. The van der Waals surface area contributed by atoms with Gasteiger partial charge in [0, 0.05) is 12.3 Å². The van der Waals surface area contributed by atoms with Crippen molar-refractivity contribution in [1.29, 1.82) is 0 Å². The van der Waals surface area contributed by atoms with Crippen LogP contribution in [0.3, 0.4) is 0 Å². The summed E-state index contributed by atoms with van der Waals surface area (Å²) >= 11 is 0. The molecule has 0 amide bonds. The van der Waals surface area contributed by atoms with E-state index in [4.69, 9.17) is 13.6 Å². The Morgan fingerprint density at radius 2 is 1.25 bits per heavy atom. The highest BCUT2D eigenvalue weighted by Gasteiger charge is 2.71. The number of nitrogens with one attached hydrogen (secondary N) is 1. The van der Waals surface area contributed by atoms with Gasteiger partial charge in [0.15, 0.2) is 28.3 Å². The number of hydrogen-bond acceptors (Lipinski definition) is 8. The third-order valence-electron chi connectivity index (χ3n) is 13.8. The average molecular weight is 853 g/mol. The summed E-state index contributed by atoms with van der Waals surface area (Å²) in [6.07, 6.45) is -2.70. The van der Waals surface area contributed by atoms with Crippen LogP contribution in [0, 0.1) is 0 Å². The quantitative estimate of drug-likeness (QED) is 0.202. The van der Waals surface area contributed by atoms with Crippen LogP contribution in [0.1, 0.15) is 145 Å². The number of aliphatic hydroxyl groups is 1. The maximum absolute atomic E-state index is 16.2. The second kappa shape index (κ2) is 15.7. The van der Waals surface area contributed by atoms with Crippen molar-refractivity contribution in [1.82, 2.24) is 9.55 Å². The molecule has 0 radical (unpaired) electrons. The molecule has 10 nitrogen and oxygen atoms in total. The summed E-state index contributed by atoms with van der Waals surface area (Å²) < 4.78 is 55.2. The zero-order valence-electron chi connectivity index (χ0n) is 38.5. The molecule has 3 rings (SSSR count). The van der Waals surface area contributed by atoms with E-state index in [2.05, 4.69) is 94.2 Å². The number of ether oxygens (including phenoxy) is 1. The Morgan fingerprint density at radius 3 is 1.62 bits per heavy atom. The summed E-state index contributed by atoms with van der Waals surface area (Å²) in [4.78, 5) is 28.8. The molecule has 1 saturated heterocycles. The Morgan fingerprint density at radius 1 is 0.786 bits per heavy atom. The molecule has 1 unspecified atom stereocenters. The van der Waals surface area contributed by atoms with Crippen molar-refractivity contribution >= 4 is 34.5 Å². The number of benzene rings is 1. The van der Waals surface area contributed by atoms with E-state index in [9.17, 15) is 14.7 Å². The van der Waals surface area contributed by atoms with Crippen LogP contribution in [-0.4, -0.2) is 70.7 Å². The minimum Gasteiger partial charge on any atom is -0.408 e. The van der Waals surface area contributed by atoms with Gasteiger partial charge in [-0.25, -0.2) is 13.2 Å². The SMILES string of the molecule is CC(C)c1cc(C(C)C)c(S(=O)(=O)C(O[Si](C)(C)C(C)(C)C)[C@H]2O[C@@H](n3ccc(=O)[nH]c3=O)[C@@](O)([Si](C)(C)C(C)(C)C)[C@@H]2O[Si](C)(C)C(C)(C)C)c(C(C)C)c1. The third kappa shape index (κ3) is 8.78. The summed E-state index contributed by atoms with van der Waals surface area (Å²) in [5, 5.41) is 10.7. The largest absolute Gasteiger partial charge is 0.408 e. The van der Waals surface area contributed by atoms with Crippen LogP contribution in [0.15, 0.2) is 38.9 Å². The summed E-state index contributed by atoms with van der Waals surface area (Å²) in [7, 11) is -13.4. The number of aromatic nitrogens is 2. The van der Waals surface area contributed by atoms with Crippen molar-refractivity contribution in [2.75, 3.05) is 0 Å². The number of hydrogen-bond donors (Lipinski definition) is 2. The van der Waals surface area contributed by atoms with Crippen LogP contribution in [0.2, 0.25) is 54.4 Å². The maximum atomic E-state index is 16.2. The molecule has 1 aromatic carbocycles. The van der Waals surface area contributed by atoms with Gasteiger partial charge in [0.1, 0.15) is 17.4 Å². The van der Waals surface area contributed by atoms with E-state index in [1.807, 2.05) is 66.0 Å². The number of H-pyrrole nitrogens is 1. The molecule has 0 bridgehead atoms. The zero-order valence-corrected chi connectivity index (χ0v) is 42.3. The highest BCUT2D eigenvalue weighted by molar-refractivity contribution is 7.92. The van der Waals surface area contributed by atoms with Crippen molar-refractivity contribution in [2.45, 2.75) is 210 Å². The van der Waals surface area contributed by atoms with Crippen molar-refractivity contribution < 1.29 is 27.1 Å². The van der Waals surface area contributed by atoms with E-state index < -0.39 is 85.0 Å². The molecule has 1 fully saturated rings. The van der Waals surface area contributed by atoms with E-state index in [0.29, 0.717) is 11.1 Å². The van der Waals surface area contributed by atoms with E-state index in [0.717, 1.165) is 5.56 Å². The molecule has 0 aliphatic carbocycles. The second-order valence-electron chi connectivity index (χ2n) is 21.8. The normalized spacial score (nSPS) is 22.8. The van der Waals surface area contributed by atoms with E-state index in [1.54, 1.807) is 0 Å². The van der Waals surface area contributed by atoms with Crippen molar-refractivity contribution in [3.05, 3.63) is 61.9 Å². The third-order valence-corrected chi connectivity index (χ3v) is 31.1. The van der Waals surface area contributed by atoms with Gasteiger partial charge < -0.3 is 18.7 Å². The fraction of sp³-hybridized carbons (Fsp3) is 0.762. The van der Waals surface area contributed by atoms with E-state index >= 15 is 8.42 Å². The minimum absolute atomic E-state index is 0.148. The van der Waals surface area contributed by atoms with E-state index in [1.165, 1.54) is 16.8 Å². The molecule has 5 atom stereocenters. The molecule has 0 spiro atoms. The minimum atomic E-state index is -4.47. The standard InChI is InChI=1S/C42H76N2O8SSi3/c1-26(2)29-24-30(27(3)4)34(31(25-29)28(5)6)53(48,49)36(52-56(20,21)41(13,14)15)33-35(51-55(18,19)40(10,11)12)42(47,54(16,17)39(7,8)9)37(50-33)44-23-22-32(45)43-38(44)46/h22-28,33,35-37,47H,1-21H3,(H,43,45,46)/t33-,35+,36?,37+,42-/m0/s1. The first-order valence-electron chi connectivity index (χ1n) is 20.3. The van der Waals surface area contributed by atoms with Gasteiger partial charge in [-0.15, -0.1) is 0 Å². The molecule has 2 aromatic rings. The first-order valence-corrected chi connectivity index (χ1v) is 30.7. The summed E-state index contributed by atoms with van der Waals surface area (Å²) in [6, 6.07) is 5.25. The molecule has 0 saturated carbocycles. The number of nitrogens with zero attached hydrogens (tertiary/aromatic N) is 1. The smallest absolute Gasteiger partial charge is 0.330 e. The monoisotopic (exact) mass is 852 g/mol. The highest BCUT2D eigenvalue weighted by Crippen LogP contribution is 2.57. The van der Waals surface area contributed by atoms with Gasteiger partial charge in [-0.05, 0) is 75.7 Å². The fourth-order valence-corrected chi connectivity index (χ4v) is 15.6. The van der Waals surface area contributed by atoms with Gasteiger partial charge in [0.25, 0.3) is 5.56 Å². The van der Waals surface area contributed by atoms with Crippen LogP contribution >= 0.6 is 0 Å². The molecule has 1 aromatic heterocycles. The summed E-state index contributed by atoms with van der Waals surface area (Å²) in [5.74, 6) is -0.132. The summed E-state index contributed by atoms with van der Waals surface area (Å²) in [6.45, 7) is 43.2. The predicted molar refractivity (Wildman–Crippen MR) is 237 cm³/mol. The lowest BCUT2D eigenvalue weighted by atomic mass is 9.89. The van der Waals surface area contributed by atoms with Gasteiger partial charge in [-0.1, -0.05) is 129 Å². The van der Waals surface area contributed by atoms with E-state index in [-0.39, 0.29) is 27.7 Å². The van der Waals surface area contributed by atoms with Crippen LogP contribution in [0.5, 0.6) is 0 Å². The predicted octanol–water partition coefficient (Wildman–Crippen LogP) is 9.80. The first kappa shape index (κ1) is 48.7. The topological polar surface area (TPSA) is 137 Å². The number of rotatable bonds is 12. The molecule has 1 aliphatic rings. The van der Waals surface area contributed by atoms with Crippen molar-refractivity contribution in [2.24, 2.45) is 0 Å². The zero-order chi connectivity index (χ0) is 43.7. The lowest BCUT2D eigenvalue weighted by Gasteiger charge is -2.53. The van der Waals surface area contributed by atoms with Gasteiger partial charge in [0.2, 0.25) is 9.84 Å². The summed E-state index contributed by atoms with van der Waals surface area (Å²) in [5.41, 5.74) is -0.533. The Kier molecular flexibility index (Phi) is 13.7. The van der Waals surface area contributed by atoms with Crippen LogP contribution < -0.4 is 11.2 Å². The molecule has 320 valence electrons. The molecular weight excluding hydrogens is 777 g/mol. The molecule has 1 aliphatic heterocycles. The van der Waals surface area contributed by atoms with Crippen molar-refractivity contribution in [3.63, 3.8) is 0 Å². The van der Waals surface area contributed by atoms with Crippen LogP contribution in [0.4, 0.5) is 0 Å². The Labute approximate surface area is 341 Å². The number of sulfone groups is 1. The van der Waals surface area contributed by atoms with Gasteiger partial charge >= 0.3 is 5.69 Å². The molecule has 2 heterocycles. The van der Waals surface area contributed by atoms with Crippen molar-refractivity contribution in [3.8, 4) is 0 Å². The molecule has 14 heteroatoms. The maximum Gasteiger partial charge on any atom is 0.330 e. The average Bonchev–Trinajstić information content (AvgIpc) is 3.29. The Balaban J connectivity index is 2.69. The van der Waals surface area contributed by atoms with Gasteiger partial charge in [-0.2, -0.15) is 0 Å². The lowest BCUT2D eigenvalue weighted by molar-refractivity contribution is -0.0750. The molecule has 2 N–H and O–H groups in total. The lowest BCUT2D eigenvalue weighted by Crippen LogP contribution is -2.71. The fourth-order valence-electron chi connectivity index (χ4n) is 6.84. The Bertz CT molecular complexity index is 1940. The van der Waals surface area contributed by atoms with Crippen LogP contribution in [-0.2, 0) is 23.4 Å². The number of aromatic amines is 1. The van der Waals surface area contributed by atoms with Gasteiger partial charge in [0.05, 0.1) is 13.0 Å². The van der Waals surface area contributed by atoms with Gasteiger partial charge in [-0.3, -0.25) is 14.3 Å².